The first-order valence-corrected chi connectivity index (χ1v) is 8.33. The van der Waals surface area contributed by atoms with Gasteiger partial charge in [0.2, 0.25) is 0 Å². The zero-order valence-electron chi connectivity index (χ0n) is 10.7. The van der Waals surface area contributed by atoms with E-state index in [-0.39, 0.29) is 6.04 Å². The predicted octanol–water partition coefficient (Wildman–Crippen LogP) is 6.46. The van der Waals surface area contributed by atoms with Crippen LogP contribution in [0, 0.1) is 6.92 Å². The maximum absolute atomic E-state index is 3.63. The van der Waals surface area contributed by atoms with Crippen molar-refractivity contribution < 1.29 is 0 Å². The first-order chi connectivity index (χ1) is 8.99. The summed E-state index contributed by atoms with van der Waals surface area (Å²) in [5, 5.41) is 3.54. The third-order valence-electron chi connectivity index (χ3n) is 2.99. The molecule has 0 amide bonds. The lowest BCUT2D eigenvalue weighted by Crippen LogP contribution is -2.08. The van der Waals surface area contributed by atoms with Crippen molar-refractivity contribution in [3.8, 4) is 0 Å². The fourth-order valence-corrected chi connectivity index (χ4v) is 3.69. The molecular weight excluding hydrogens is 434 g/mol. The molecule has 1 nitrogen and oxygen atoms in total. The van der Waals surface area contributed by atoms with Gasteiger partial charge in [0, 0.05) is 25.1 Å². The smallest absolute Gasteiger partial charge is 0.0497 e. The Hall–Kier alpha value is -0.320. The van der Waals surface area contributed by atoms with E-state index in [1.165, 1.54) is 11.1 Å². The summed E-state index contributed by atoms with van der Waals surface area (Å²) in [7, 11) is 0. The lowest BCUT2D eigenvalue weighted by atomic mass is 10.1. The lowest BCUT2D eigenvalue weighted by molar-refractivity contribution is 0.876. The minimum Gasteiger partial charge on any atom is -0.378 e. The van der Waals surface area contributed by atoms with Crippen molar-refractivity contribution in [1.29, 1.82) is 0 Å². The van der Waals surface area contributed by atoms with Crippen LogP contribution in [-0.4, -0.2) is 0 Å². The summed E-state index contributed by atoms with van der Waals surface area (Å²) in [4.78, 5) is 0. The molecule has 1 unspecified atom stereocenters. The second-order valence-electron chi connectivity index (χ2n) is 4.47. The number of halogens is 3. The zero-order valence-corrected chi connectivity index (χ0v) is 15.4. The number of benzene rings is 2. The monoisotopic (exact) mass is 445 g/mol. The van der Waals surface area contributed by atoms with Gasteiger partial charge in [-0.2, -0.15) is 0 Å². The second kappa shape index (κ2) is 6.42. The molecule has 2 rings (SSSR count). The normalized spacial score (nSPS) is 12.3. The fraction of sp³-hybridized carbons (Fsp3) is 0.200. The van der Waals surface area contributed by atoms with E-state index >= 15 is 0 Å². The Bertz CT molecular complexity index is 596. The Kier molecular flexibility index (Phi) is 5.09. The second-order valence-corrected chi connectivity index (χ2v) is 7.03. The molecule has 100 valence electrons. The van der Waals surface area contributed by atoms with Crippen LogP contribution in [0.3, 0.4) is 0 Å². The predicted molar refractivity (Wildman–Crippen MR) is 92.8 cm³/mol. The van der Waals surface area contributed by atoms with Gasteiger partial charge in [0.05, 0.1) is 0 Å². The molecule has 0 fully saturated rings. The molecule has 0 aliphatic carbocycles. The van der Waals surface area contributed by atoms with Crippen LogP contribution in [0.4, 0.5) is 5.69 Å². The number of anilines is 1. The summed E-state index contributed by atoms with van der Waals surface area (Å²) in [6, 6.07) is 12.7. The molecule has 0 aliphatic heterocycles. The molecule has 0 radical (unpaired) electrons. The summed E-state index contributed by atoms with van der Waals surface area (Å²) in [6.45, 7) is 4.25. The maximum Gasteiger partial charge on any atom is 0.0497 e. The average Bonchev–Trinajstić information content (AvgIpc) is 2.34. The fourth-order valence-electron chi connectivity index (χ4n) is 1.92. The quantitative estimate of drug-likeness (QED) is 0.569. The summed E-state index contributed by atoms with van der Waals surface area (Å²) in [5.41, 5.74) is 3.57. The van der Waals surface area contributed by atoms with Crippen molar-refractivity contribution in [1.82, 2.24) is 0 Å². The van der Waals surface area contributed by atoms with Gasteiger partial charge in [-0.15, -0.1) is 0 Å². The van der Waals surface area contributed by atoms with Gasteiger partial charge in [-0.25, -0.2) is 0 Å². The van der Waals surface area contributed by atoms with Gasteiger partial charge in [-0.1, -0.05) is 50.1 Å². The standard InChI is InChI=1S/C15H14Br3N/c1-9-4-3-5-14(15(9)18)19-10(2)12-7-6-11(16)8-13(12)17/h3-8,10,19H,1-2H3. The van der Waals surface area contributed by atoms with Crippen LogP contribution in [0.15, 0.2) is 49.8 Å². The van der Waals surface area contributed by atoms with Crippen LogP contribution < -0.4 is 5.32 Å². The third-order valence-corrected chi connectivity index (χ3v) is 5.23. The molecular formula is C15H14Br3N. The Morgan fingerprint density at radius 1 is 1.05 bits per heavy atom. The number of hydrogen-bond donors (Lipinski definition) is 1. The molecule has 0 bridgehead atoms. The Morgan fingerprint density at radius 2 is 1.79 bits per heavy atom. The molecule has 0 spiro atoms. The average molecular weight is 448 g/mol. The van der Waals surface area contributed by atoms with E-state index in [9.17, 15) is 0 Å². The van der Waals surface area contributed by atoms with Crippen molar-refractivity contribution >= 4 is 53.5 Å². The summed E-state index contributed by atoms with van der Waals surface area (Å²) >= 11 is 10.7. The molecule has 0 aromatic heterocycles. The molecule has 0 saturated heterocycles. The Labute approximate surface area is 139 Å². The van der Waals surface area contributed by atoms with E-state index in [0.717, 1.165) is 19.1 Å². The summed E-state index contributed by atoms with van der Waals surface area (Å²) in [5.74, 6) is 0. The first-order valence-electron chi connectivity index (χ1n) is 5.95. The van der Waals surface area contributed by atoms with Gasteiger partial charge in [0.1, 0.15) is 0 Å². The molecule has 1 N–H and O–H groups in total. The minimum absolute atomic E-state index is 0.223. The molecule has 2 aromatic carbocycles. The summed E-state index contributed by atoms with van der Waals surface area (Å²) in [6.07, 6.45) is 0. The van der Waals surface area contributed by atoms with Crippen molar-refractivity contribution in [2.45, 2.75) is 19.9 Å². The van der Waals surface area contributed by atoms with Gasteiger partial charge < -0.3 is 5.32 Å². The van der Waals surface area contributed by atoms with Crippen LogP contribution in [0.5, 0.6) is 0 Å². The topological polar surface area (TPSA) is 12.0 Å². The van der Waals surface area contributed by atoms with E-state index in [0.29, 0.717) is 0 Å². The van der Waals surface area contributed by atoms with Gasteiger partial charge in [-0.05, 0) is 59.1 Å². The van der Waals surface area contributed by atoms with Gasteiger partial charge >= 0.3 is 0 Å². The molecule has 0 aliphatic rings. The molecule has 1 atom stereocenters. The Morgan fingerprint density at radius 3 is 2.47 bits per heavy atom. The lowest BCUT2D eigenvalue weighted by Gasteiger charge is -2.19. The highest BCUT2D eigenvalue weighted by Gasteiger charge is 2.11. The van der Waals surface area contributed by atoms with Gasteiger partial charge in [0.15, 0.2) is 0 Å². The summed E-state index contributed by atoms with van der Waals surface area (Å²) < 4.78 is 3.30. The highest BCUT2D eigenvalue weighted by atomic mass is 79.9. The van der Waals surface area contributed by atoms with Crippen molar-refractivity contribution in [3.05, 3.63) is 60.9 Å². The van der Waals surface area contributed by atoms with Crippen LogP contribution in [-0.2, 0) is 0 Å². The van der Waals surface area contributed by atoms with Gasteiger partial charge in [-0.3, -0.25) is 0 Å². The van der Waals surface area contributed by atoms with E-state index < -0.39 is 0 Å². The number of rotatable bonds is 3. The van der Waals surface area contributed by atoms with E-state index in [2.05, 4.69) is 103 Å². The van der Waals surface area contributed by atoms with E-state index in [1.807, 2.05) is 0 Å². The van der Waals surface area contributed by atoms with Crippen molar-refractivity contribution in [2.75, 3.05) is 5.32 Å². The minimum atomic E-state index is 0.223. The molecule has 4 heteroatoms. The van der Waals surface area contributed by atoms with Crippen LogP contribution in [0.1, 0.15) is 24.1 Å². The number of hydrogen-bond acceptors (Lipinski definition) is 1. The highest BCUT2D eigenvalue weighted by Crippen LogP contribution is 2.32. The largest absolute Gasteiger partial charge is 0.378 e. The van der Waals surface area contributed by atoms with Crippen molar-refractivity contribution in [2.24, 2.45) is 0 Å². The van der Waals surface area contributed by atoms with Crippen molar-refractivity contribution in [3.63, 3.8) is 0 Å². The van der Waals surface area contributed by atoms with Crippen LogP contribution in [0.25, 0.3) is 0 Å². The van der Waals surface area contributed by atoms with Crippen LogP contribution >= 0.6 is 47.8 Å². The highest BCUT2D eigenvalue weighted by molar-refractivity contribution is 9.11. The first kappa shape index (κ1) is 15.1. The SMILES string of the molecule is Cc1cccc(NC(C)c2ccc(Br)cc2Br)c1Br. The molecule has 2 aromatic rings. The third kappa shape index (κ3) is 3.61. The maximum atomic E-state index is 3.63. The zero-order chi connectivity index (χ0) is 14.0. The van der Waals surface area contributed by atoms with Crippen LogP contribution in [0.2, 0.25) is 0 Å². The molecule has 0 heterocycles. The van der Waals surface area contributed by atoms with E-state index in [1.54, 1.807) is 0 Å². The molecule has 19 heavy (non-hydrogen) atoms. The number of nitrogens with one attached hydrogen (secondary N) is 1. The molecule has 0 saturated carbocycles. The number of aryl methyl sites for hydroxylation is 1. The van der Waals surface area contributed by atoms with E-state index in [4.69, 9.17) is 0 Å². The van der Waals surface area contributed by atoms with Gasteiger partial charge in [0.25, 0.3) is 0 Å². The Balaban J connectivity index is 2.25.